The number of hydrogen-bond acceptors (Lipinski definition) is 4. The molecule has 8 heteroatoms. The van der Waals surface area contributed by atoms with Gasteiger partial charge in [-0.1, -0.05) is 29.8 Å². The number of aryl methyl sites for hydroxylation is 1. The molecule has 0 bridgehead atoms. The summed E-state index contributed by atoms with van der Waals surface area (Å²) in [5.41, 5.74) is 0.936. The summed E-state index contributed by atoms with van der Waals surface area (Å²) in [5, 5.41) is 0.629. The maximum atomic E-state index is 12.3. The molecule has 2 aromatic carbocycles. The molecule has 0 spiro atoms. The second kappa shape index (κ2) is 10.3. The van der Waals surface area contributed by atoms with Gasteiger partial charge in [0.1, 0.15) is 5.75 Å². The number of sulfonamides is 1. The predicted octanol–water partition coefficient (Wildman–Crippen LogP) is 3.64. The topological polar surface area (TPSA) is 75.7 Å². The molecule has 0 heterocycles. The number of rotatable bonds is 11. The number of halogens is 1. The van der Waals surface area contributed by atoms with E-state index in [4.69, 9.17) is 16.3 Å². The van der Waals surface area contributed by atoms with Gasteiger partial charge >= 0.3 is 0 Å². The molecule has 0 aliphatic heterocycles. The monoisotopic (exact) mass is 450 g/mol. The van der Waals surface area contributed by atoms with E-state index >= 15 is 0 Å². The van der Waals surface area contributed by atoms with Crippen molar-refractivity contribution < 1.29 is 17.9 Å². The van der Waals surface area contributed by atoms with Crippen LogP contribution in [0.1, 0.15) is 31.2 Å². The minimum Gasteiger partial charge on any atom is -0.493 e. The molecule has 3 rings (SSSR count). The molecular formula is C22H27ClN2O4S. The molecule has 0 radical (unpaired) electrons. The van der Waals surface area contributed by atoms with Crippen molar-refractivity contribution in [3.63, 3.8) is 0 Å². The lowest BCUT2D eigenvalue weighted by atomic mass is 10.1. The number of nitrogens with zero attached hydrogens (tertiary/aromatic N) is 1. The summed E-state index contributed by atoms with van der Waals surface area (Å²) in [5.74, 6) is 0.763. The number of amides is 1. The SMILES string of the molecule is CN(CCCOc1cccc(Cl)c1)C(=O)CCc1ccc(S(=O)(=O)NC2CC2)cc1. The van der Waals surface area contributed by atoms with Crippen molar-refractivity contribution in [3.8, 4) is 5.75 Å². The molecule has 1 amide bonds. The van der Waals surface area contributed by atoms with Crippen LogP contribution in [0.25, 0.3) is 0 Å². The zero-order chi connectivity index (χ0) is 21.6. The van der Waals surface area contributed by atoms with Crippen LogP contribution in [-0.2, 0) is 21.2 Å². The summed E-state index contributed by atoms with van der Waals surface area (Å²) < 4.78 is 32.7. The molecular weight excluding hydrogens is 424 g/mol. The van der Waals surface area contributed by atoms with E-state index in [9.17, 15) is 13.2 Å². The second-order valence-electron chi connectivity index (χ2n) is 7.51. The van der Waals surface area contributed by atoms with Gasteiger partial charge in [-0.05, 0) is 61.6 Å². The number of carbonyl (C=O) groups is 1. The first kappa shape index (κ1) is 22.6. The van der Waals surface area contributed by atoms with Crippen LogP contribution in [0.5, 0.6) is 5.75 Å². The second-order valence-corrected chi connectivity index (χ2v) is 9.66. The van der Waals surface area contributed by atoms with Gasteiger partial charge in [0.15, 0.2) is 0 Å². The normalized spacial score (nSPS) is 13.8. The summed E-state index contributed by atoms with van der Waals surface area (Å²) in [4.78, 5) is 14.3. The van der Waals surface area contributed by atoms with Crippen molar-refractivity contribution in [3.05, 3.63) is 59.1 Å². The predicted molar refractivity (Wildman–Crippen MR) is 117 cm³/mol. The fourth-order valence-electron chi connectivity index (χ4n) is 2.94. The molecule has 0 unspecified atom stereocenters. The highest BCUT2D eigenvalue weighted by molar-refractivity contribution is 7.89. The highest BCUT2D eigenvalue weighted by atomic mass is 35.5. The maximum Gasteiger partial charge on any atom is 0.240 e. The van der Waals surface area contributed by atoms with Crippen LogP contribution in [0, 0.1) is 0 Å². The van der Waals surface area contributed by atoms with Gasteiger partial charge in [0.25, 0.3) is 0 Å². The number of benzene rings is 2. The third-order valence-electron chi connectivity index (χ3n) is 4.89. The molecule has 0 saturated heterocycles. The third-order valence-corrected chi connectivity index (χ3v) is 6.66. The minimum atomic E-state index is -3.44. The number of carbonyl (C=O) groups excluding carboxylic acids is 1. The molecule has 0 atom stereocenters. The maximum absolute atomic E-state index is 12.3. The van der Waals surface area contributed by atoms with E-state index in [-0.39, 0.29) is 16.8 Å². The zero-order valence-electron chi connectivity index (χ0n) is 17.0. The first-order valence-electron chi connectivity index (χ1n) is 10.1. The van der Waals surface area contributed by atoms with Gasteiger partial charge in [-0.3, -0.25) is 4.79 Å². The van der Waals surface area contributed by atoms with Crippen LogP contribution in [-0.4, -0.2) is 45.5 Å². The van der Waals surface area contributed by atoms with Gasteiger partial charge in [0, 0.05) is 31.1 Å². The number of ether oxygens (including phenoxy) is 1. The highest BCUT2D eigenvalue weighted by Gasteiger charge is 2.27. The smallest absolute Gasteiger partial charge is 0.240 e. The van der Waals surface area contributed by atoms with Crippen LogP contribution in [0.4, 0.5) is 0 Å². The summed E-state index contributed by atoms with van der Waals surface area (Å²) in [6.45, 7) is 1.10. The molecule has 1 fully saturated rings. The summed E-state index contributed by atoms with van der Waals surface area (Å²) in [7, 11) is -1.66. The van der Waals surface area contributed by atoms with Crippen molar-refractivity contribution >= 4 is 27.5 Å². The Hall–Kier alpha value is -2.09. The lowest BCUT2D eigenvalue weighted by molar-refractivity contribution is -0.129. The molecule has 162 valence electrons. The van der Waals surface area contributed by atoms with Gasteiger partial charge in [-0.2, -0.15) is 0 Å². The van der Waals surface area contributed by atoms with Gasteiger partial charge in [-0.15, -0.1) is 0 Å². The van der Waals surface area contributed by atoms with Crippen LogP contribution in [0.15, 0.2) is 53.4 Å². The van der Waals surface area contributed by atoms with E-state index in [1.165, 1.54) is 0 Å². The van der Waals surface area contributed by atoms with Gasteiger partial charge in [-0.25, -0.2) is 13.1 Å². The summed E-state index contributed by atoms with van der Waals surface area (Å²) in [6.07, 6.45) is 3.46. The Kier molecular flexibility index (Phi) is 7.75. The lowest BCUT2D eigenvalue weighted by Crippen LogP contribution is -2.28. The van der Waals surface area contributed by atoms with E-state index in [1.807, 2.05) is 12.1 Å². The van der Waals surface area contributed by atoms with Crippen LogP contribution in [0.3, 0.4) is 0 Å². The van der Waals surface area contributed by atoms with Gasteiger partial charge in [0.05, 0.1) is 11.5 Å². The van der Waals surface area contributed by atoms with Crippen molar-refractivity contribution in [2.45, 2.75) is 43.0 Å². The van der Waals surface area contributed by atoms with E-state index in [1.54, 1.807) is 48.3 Å². The zero-order valence-corrected chi connectivity index (χ0v) is 18.6. The first-order chi connectivity index (χ1) is 14.3. The van der Waals surface area contributed by atoms with E-state index in [2.05, 4.69) is 4.72 Å². The quantitative estimate of drug-likeness (QED) is 0.530. The Labute approximate surface area is 183 Å². The Morgan fingerprint density at radius 1 is 1.20 bits per heavy atom. The molecule has 1 saturated carbocycles. The average molecular weight is 451 g/mol. The fourth-order valence-corrected chi connectivity index (χ4v) is 4.42. The lowest BCUT2D eigenvalue weighted by Gasteiger charge is -2.17. The first-order valence-corrected chi connectivity index (χ1v) is 11.9. The van der Waals surface area contributed by atoms with Crippen molar-refractivity contribution in [1.29, 1.82) is 0 Å². The summed E-state index contributed by atoms with van der Waals surface area (Å²) in [6, 6.07) is 14.0. The minimum absolute atomic E-state index is 0.0462. The van der Waals surface area contributed by atoms with Crippen LogP contribution >= 0.6 is 11.6 Å². The standard InChI is InChI=1S/C22H27ClN2O4S/c1-25(14-3-15-29-20-5-2-4-18(23)16-20)22(26)13-8-17-6-11-21(12-7-17)30(27,28)24-19-9-10-19/h2,4-7,11-12,16,19,24H,3,8-10,13-15H2,1H3. The van der Waals surface area contributed by atoms with Crippen molar-refractivity contribution in [2.75, 3.05) is 20.2 Å². The number of hydrogen-bond donors (Lipinski definition) is 1. The Balaban J connectivity index is 1.37. The molecule has 2 aromatic rings. The third kappa shape index (κ3) is 7.00. The molecule has 6 nitrogen and oxygen atoms in total. The Bertz CT molecular complexity index is 959. The summed E-state index contributed by atoms with van der Waals surface area (Å²) >= 11 is 5.92. The Morgan fingerprint density at radius 2 is 1.93 bits per heavy atom. The molecule has 30 heavy (non-hydrogen) atoms. The van der Waals surface area contributed by atoms with Gasteiger partial charge in [0.2, 0.25) is 15.9 Å². The van der Waals surface area contributed by atoms with E-state index in [0.29, 0.717) is 36.8 Å². The van der Waals surface area contributed by atoms with Gasteiger partial charge < -0.3 is 9.64 Å². The molecule has 1 aliphatic carbocycles. The Morgan fingerprint density at radius 3 is 2.60 bits per heavy atom. The highest BCUT2D eigenvalue weighted by Crippen LogP contribution is 2.22. The van der Waals surface area contributed by atoms with Crippen molar-refractivity contribution in [2.24, 2.45) is 0 Å². The molecule has 0 aromatic heterocycles. The van der Waals surface area contributed by atoms with Crippen LogP contribution < -0.4 is 9.46 Å². The molecule has 1 aliphatic rings. The van der Waals surface area contributed by atoms with E-state index in [0.717, 1.165) is 24.8 Å². The molecule has 1 N–H and O–H groups in total. The fraction of sp³-hybridized carbons (Fsp3) is 0.409. The van der Waals surface area contributed by atoms with E-state index < -0.39 is 10.0 Å². The van der Waals surface area contributed by atoms with Crippen molar-refractivity contribution in [1.82, 2.24) is 9.62 Å². The average Bonchev–Trinajstić information content (AvgIpc) is 3.53. The van der Waals surface area contributed by atoms with Crippen LogP contribution in [0.2, 0.25) is 5.02 Å². The largest absolute Gasteiger partial charge is 0.493 e. The number of nitrogens with one attached hydrogen (secondary N) is 1.